The van der Waals surface area contributed by atoms with Crippen LogP contribution in [-0.4, -0.2) is 88.7 Å². The van der Waals surface area contributed by atoms with Crippen molar-refractivity contribution in [1.29, 1.82) is 0 Å². The first-order valence-corrected chi connectivity index (χ1v) is 21.9. The summed E-state index contributed by atoms with van der Waals surface area (Å²) in [4.78, 5) is 71.5. The first kappa shape index (κ1) is 40.0. The highest BCUT2D eigenvalue weighted by molar-refractivity contribution is 7.17. The molecule has 2 aromatic heterocycles. The molecule has 3 aliphatic heterocycles. The molecule has 5 heterocycles. The zero-order valence-electron chi connectivity index (χ0n) is 34.5. The number of alkyl carbamates (subject to hydrolysis) is 1. The Morgan fingerprint density at radius 3 is 2.16 bits per heavy atom. The Kier molecular flexibility index (Phi) is 11.4. The number of aromatic nitrogens is 2. The fraction of sp³-hybridized carbons (Fsp3) is 0.556. The van der Waals surface area contributed by atoms with Crippen molar-refractivity contribution >= 4 is 46.5 Å². The summed E-state index contributed by atoms with van der Waals surface area (Å²) >= 11 is 1.90. The summed E-state index contributed by atoms with van der Waals surface area (Å²) in [5, 5.41) is 2.72. The maximum absolute atomic E-state index is 13.9. The van der Waals surface area contributed by atoms with Crippen LogP contribution in [0.25, 0.3) is 27.3 Å². The number of hydrogen-bond acceptors (Lipinski definition) is 9. The molecule has 12 nitrogen and oxygen atoms in total. The maximum atomic E-state index is 13.9. The largest absolute Gasteiger partial charge is 0.469 e. The van der Waals surface area contributed by atoms with Gasteiger partial charge in [0.25, 0.3) is 0 Å². The summed E-state index contributed by atoms with van der Waals surface area (Å²) in [5.41, 5.74) is 8.50. The van der Waals surface area contributed by atoms with E-state index in [-0.39, 0.29) is 48.1 Å². The van der Waals surface area contributed by atoms with Crippen molar-refractivity contribution in [3.63, 3.8) is 0 Å². The molecular formula is C45H56N6O6S. The number of imidazole rings is 1. The number of H-pyrrole nitrogens is 1. The lowest BCUT2D eigenvalue weighted by atomic mass is 9.88. The molecule has 3 fully saturated rings. The second-order valence-electron chi connectivity index (χ2n) is 17.4. The van der Waals surface area contributed by atoms with Crippen molar-refractivity contribution in [3.8, 4) is 21.7 Å². The van der Waals surface area contributed by atoms with Crippen LogP contribution in [0, 0.1) is 17.8 Å². The van der Waals surface area contributed by atoms with Gasteiger partial charge in [-0.3, -0.25) is 19.4 Å². The van der Waals surface area contributed by atoms with E-state index in [1.165, 1.54) is 65.5 Å². The van der Waals surface area contributed by atoms with Crippen LogP contribution in [0.2, 0.25) is 0 Å². The van der Waals surface area contributed by atoms with E-state index in [9.17, 15) is 19.2 Å². The Hall–Kier alpha value is -4.78. The van der Waals surface area contributed by atoms with Gasteiger partial charge in [0.05, 0.1) is 50.5 Å². The van der Waals surface area contributed by atoms with Crippen molar-refractivity contribution in [2.45, 2.75) is 115 Å². The topological polar surface area (TPSA) is 146 Å². The molecule has 5 aliphatic rings. The fourth-order valence-corrected chi connectivity index (χ4v) is 11.6. The van der Waals surface area contributed by atoms with Gasteiger partial charge >= 0.3 is 12.1 Å². The number of amides is 3. The van der Waals surface area contributed by atoms with E-state index in [1.807, 2.05) is 55.0 Å². The molecule has 1 saturated carbocycles. The van der Waals surface area contributed by atoms with Crippen LogP contribution in [0.15, 0.2) is 41.7 Å². The van der Waals surface area contributed by atoms with E-state index in [0.717, 1.165) is 54.9 Å². The lowest BCUT2D eigenvalue weighted by molar-refractivity contribution is -0.148. The molecule has 2 aliphatic carbocycles. The molecule has 2 bridgehead atoms. The van der Waals surface area contributed by atoms with Gasteiger partial charge in [0.2, 0.25) is 11.8 Å². The molecule has 6 atom stereocenters. The minimum absolute atomic E-state index is 0.0302. The molecule has 2 saturated heterocycles. The second kappa shape index (κ2) is 16.5. The molecule has 0 radical (unpaired) electrons. The highest BCUT2D eigenvalue weighted by atomic mass is 32.1. The van der Waals surface area contributed by atoms with Crippen LogP contribution < -0.4 is 5.32 Å². The van der Waals surface area contributed by atoms with E-state index in [0.29, 0.717) is 24.9 Å². The van der Waals surface area contributed by atoms with Gasteiger partial charge in [0, 0.05) is 41.2 Å². The normalized spacial score (nSPS) is 23.3. The summed E-state index contributed by atoms with van der Waals surface area (Å²) in [6.45, 7) is 9.13. The summed E-state index contributed by atoms with van der Waals surface area (Å²) in [6.07, 6.45) is 11.3. The van der Waals surface area contributed by atoms with Gasteiger partial charge in [0.15, 0.2) is 0 Å². The van der Waals surface area contributed by atoms with Crippen LogP contribution in [0.4, 0.5) is 4.79 Å². The quantitative estimate of drug-likeness (QED) is 0.175. The number of allylic oxidation sites excluding steroid dienone is 1. The lowest BCUT2D eigenvalue weighted by Gasteiger charge is -2.30. The van der Waals surface area contributed by atoms with Gasteiger partial charge in [-0.1, -0.05) is 52.0 Å². The number of hydrogen-bond donors (Lipinski definition) is 2. The van der Waals surface area contributed by atoms with Crippen LogP contribution in [0.1, 0.15) is 125 Å². The van der Waals surface area contributed by atoms with Gasteiger partial charge in [0.1, 0.15) is 11.9 Å². The number of carbonyl (C=O) groups excluding carboxylic acids is 4. The Balaban J connectivity index is 0.987. The molecule has 308 valence electrons. The molecule has 2 N–H and O–H groups in total. The smallest absolute Gasteiger partial charge is 0.407 e. The lowest BCUT2D eigenvalue weighted by Crippen LogP contribution is -2.51. The molecule has 2 unspecified atom stereocenters. The number of rotatable bonds is 12. The fourth-order valence-electron chi connectivity index (χ4n) is 10.1. The Bertz CT molecular complexity index is 2130. The number of esters is 1. The third-order valence-electron chi connectivity index (χ3n) is 13.2. The van der Waals surface area contributed by atoms with Gasteiger partial charge in [-0.25, -0.2) is 9.78 Å². The average Bonchev–Trinajstić information content (AvgIpc) is 4.07. The number of fused-ring (bicyclic) bond motifs is 5. The highest BCUT2D eigenvalue weighted by Gasteiger charge is 2.44. The number of thiophene rings is 1. The van der Waals surface area contributed by atoms with Crippen LogP contribution in [0.5, 0.6) is 0 Å². The van der Waals surface area contributed by atoms with Crippen molar-refractivity contribution in [2.75, 3.05) is 27.3 Å². The summed E-state index contributed by atoms with van der Waals surface area (Å²) in [7, 11) is 2.68. The average molecular weight is 809 g/mol. The SMILES string of the molecule is COC(=O)C[C@H](C(=O)N1CCC[C@H]1C1=NC=C(c2sc(-c3ccc(-c4cnc([C@@H]5CCCN5C(=O)[C@@H](NC(=O)OC)C(C)C)[nH]4)cc3)c3c2C2CCC3C2)C1)C(C)C. The predicted molar refractivity (Wildman–Crippen MR) is 224 cm³/mol. The Morgan fingerprint density at radius 1 is 0.845 bits per heavy atom. The van der Waals surface area contributed by atoms with E-state index in [4.69, 9.17) is 19.5 Å². The van der Waals surface area contributed by atoms with E-state index < -0.39 is 18.1 Å². The van der Waals surface area contributed by atoms with Crippen molar-refractivity contribution in [2.24, 2.45) is 22.7 Å². The molecule has 3 amide bonds. The van der Waals surface area contributed by atoms with E-state index in [1.54, 1.807) is 0 Å². The molecular weight excluding hydrogens is 753 g/mol. The van der Waals surface area contributed by atoms with Gasteiger partial charge < -0.3 is 29.6 Å². The summed E-state index contributed by atoms with van der Waals surface area (Å²) < 4.78 is 9.72. The third kappa shape index (κ3) is 7.39. The monoisotopic (exact) mass is 808 g/mol. The summed E-state index contributed by atoms with van der Waals surface area (Å²) in [5.74, 6) is 1.00. The number of benzene rings is 1. The van der Waals surface area contributed by atoms with Crippen LogP contribution in [0.3, 0.4) is 0 Å². The minimum Gasteiger partial charge on any atom is -0.469 e. The van der Waals surface area contributed by atoms with Crippen LogP contribution in [-0.2, 0) is 23.9 Å². The first-order chi connectivity index (χ1) is 28.0. The van der Waals surface area contributed by atoms with Crippen molar-refractivity contribution in [3.05, 3.63) is 58.5 Å². The second-order valence-corrected chi connectivity index (χ2v) is 18.4. The molecule has 0 spiro atoms. The van der Waals surface area contributed by atoms with E-state index >= 15 is 0 Å². The zero-order valence-corrected chi connectivity index (χ0v) is 35.3. The maximum Gasteiger partial charge on any atom is 0.407 e. The number of aromatic amines is 1. The molecule has 1 aromatic carbocycles. The Morgan fingerprint density at radius 2 is 1.50 bits per heavy atom. The molecule has 8 rings (SSSR count). The standard InChI is InChI=1S/C45H56N6O6S/c1-24(2)31(21-36(52)56-5)43(53)50-17-7-9-34(50)32-20-30(22-46-32)41-38-29-16-15-28(19-29)37(38)40(58-41)27-13-11-26(12-14-27)33-23-47-42(48-33)35-10-8-18-51(35)44(54)39(25(3)4)49-45(55)57-6/h11-14,22-25,28-29,31,34-35,39H,7-10,15-21H2,1-6H3,(H,47,48)(H,49,55)/t28?,29?,31-,34-,35-,39-/m0/s1. The van der Waals surface area contributed by atoms with Gasteiger partial charge in [-0.15, -0.1) is 11.3 Å². The number of nitrogens with one attached hydrogen (secondary N) is 2. The number of likely N-dealkylation sites (tertiary alicyclic amines) is 2. The number of nitrogens with zero attached hydrogens (tertiary/aromatic N) is 4. The zero-order chi connectivity index (χ0) is 40.8. The highest BCUT2D eigenvalue weighted by Crippen LogP contribution is 2.61. The van der Waals surface area contributed by atoms with E-state index in [2.05, 4.69) is 40.8 Å². The molecule has 13 heteroatoms. The molecule has 58 heavy (non-hydrogen) atoms. The number of ether oxygens (including phenoxy) is 2. The van der Waals surface area contributed by atoms with Gasteiger partial charge in [-0.2, -0.15) is 0 Å². The number of aliphatic imine (C=N–C) groups is 1. The number of carbonyl (C=O) groups is 4. The van der Waals surface area contributed by atoms with Gasteiger partial charge in [-0.05, 0) is 96.4 Å². The minimum atomic E-state index is -0.680. The van der Waals surface area contributed by atoms with Crippen molar-refractivity contribution < 1.29 is 28.7 Å². The predicted octanol–water partition coefficient (Wildman–Crippen LogP) is 8.23. The third-order valence-corrected chi connectivity index (χ3v) is 14.6. The number of methoxy groups -OCH3 is 2. The molecule has 3 aromatic rings. The van der Waals surface area contributed by atoms with Crippen LogP contribution >= 0.6 is 11.3 Å². The Labute approximate surface area is 344 Å². The first-order valence-electron chi connectivity index (χ1n) is 21.1. The summed E-state index contributed by atoms with van der Waals surface area (Å²) in [6, 6.07) is 7.84. The van der Waals surface area contributed by atoms with Crippen molar-refractivity contribution in [1.82, 2.24) is 25.1 Å².